The van der Waals surface area contributed by atoms with E-state index in [0.717, 1.165) is 28.0 Å². The lowest BCUT2D eigenvalue weighted by Crippen LogP contribution is -2.05. The van der Waals surface area contributed by atoms with Crippen molar-refractivity contribution < 1.29 is 9.47 Å². The van der Waals surface area contributed by atoms with E-state index >= 15 is 0 Å². The number of halogens is 1. The average molecular weight is 274 g/mol. The summed E-state index contributed by atoms with van der Waals surface area (Å²) in [5.74, 6) is 1.47. The number of hydrogen-bond acceptors (Lipinski definition) is 3. The molecule has 4 heteroatoms. The van der Waals surface area contributed by atoms with Gasteiger partial charge in [-0.2, -0.15) is 0 Å². The molecule has 0 aliphatic rings. The number of rotatable bonds is 4. The molecule has 0 radical (unpaired) electrons. The summed E-state index contributed by atoms with van der Waals surface area (Å²) in [5, 5.41) is 0. The Morgan fingerprint density at radius 2 is 2.00 bits per heavy atom. The van der Waals surface area contributed by atoms with Gasteiger partial charge in [0.25, 0.3) is 0 Å². The molecule has 0 fully saturated rings. The Morgan fingerprint density at radius 3 is 2.47 bits per heavy atom. The molecular formula is C11H16BrNO2. The van der Waals surface area contributed by atoms with Crippen molar-refractivity contribution in [3.8, 4) is 11.5 Å². The first-order valence-electron chi connectivity index (χ1n) is 4.75. The quantitative estimate of drug-likeness (QED) is 0.916. The van der Waals surface area contributed by atoms with Crippen LogP contribution in [0, 0.1) is 6.92 Å². The van der Waals surface area contributed by atoms with E-state index in [1.54, 1.807) is 14.2 Å². The van der Waals surface area contributed by atoms with E-state index in [9.17, 15) is 0 Å². The topological polar surface area (TPSA) is 44.5 Å². The van der Waals surface area contributed by atoms with Crippen LogP contribution < -0.4 is 15.2 Å². The molecule has 0 bridgehead atoms. The van der Waals surface area contributed by atoms with Crippen molar-refractivity contribution >= 4 is 15.9 Å². The first-order valence-corrected chi connectivity index (χ1v) is 5.55. The molecule has 0 spiro atoms. The highest BCUT2D eigenvalue weighted by Crippen LogP contribution is 2.39. The van der Waals surface area contributed by atoms with Gasteiger partial charge in [0, 0.05) is 0 Å². The van der Waals surface area contributed by atoms with Crippen LogP contribution in [-0.2, 0) is 6.42 Å². The highest BCUT2D eigenvalue weighted by atomic mass is 79.9. The largest absolute Gasteiger partial charge is 0.493 e. The molecule has 2 N–H and O–H groups in total. The lowest BCUT2D eigenvalue weighted by Gasteiger charge is -2.15. The van der Waals surface area contributed by atoms with Crippen LogP contribution in [0.4, 0.5) is 0 Å². The molecule has 0 aliphatic carbocycles. The summed E-state index contributed by atoms with van der Waals surface area (Å²) in [6, 6.07) is 1.98. The third kappa shape index (κ3) is 2.44. The molecule has 0 atom stereocenters. The summed E-state index contributed by atoms with van der Waals surface area (Å²) in [6.07, 6.45) is 0.838. The van der Waals surface area contributed by atoms with Crippen LogP contribution in [0.1, 0.15) is 11.1 Å². The summed E-state index contributed by atoms with van der Waals surface area (Å²) in [5.41, 5.74) is 7.89. The standard InChI is InChI=1S/C11H16BrNO2/c1-7-8(4-5-13)6-9(14-2)11(15-3)10(7)12/h6H,4-5,13H2,1-3H3. The summed E-state index contributed by atoms with van der Waals surface area (Å²) in [4.78, 5) is 0. The second-order valence-corrected chi connectivity index (χ2v) is 4.04. The van der Waals surface area contributed by atoms with Crippen molar-refractivity contribution in [1.82, 2.24) is 0 Å². The normalized spacial score (nSPS) is 10.2. The summed E-state index contributed by atoms with van der Waals surface area (Å²) >= 11 is 3.51. The Morgan fingerprint density at radius 1 is 1.33 bits per heavy atom. The SMILES string of the molecule is COc1cc(CCN)c(C)c(Br)c1OC. The van der Waals surface area contributed by atoms with Gasteiger partial charge in [-0.1, -0.05) is 0 Å². The minimum absolute atomic E-state index is 0.628. The van der Waals surface area contributed by atoms with Crippen molar-refractivity contribution in [2.75, 3.05) is 20.8 Å². The molecule has 0 aromatic heterocycles. The van der Waals surface area contributed by atoms with Gasteiger partial charge in [0.1, 0.15) is 0 Å². The Bertz CT molecular complexity index is 353. The van der Waals surface area contributed by atoms with Crippen molar-refractivity contribution in [2.45, 2.75) is 13.3 Å². The average Bonchev–Trinajstić information content (AvgIpc) is 2.24. The molecule has 84 valence electrons. The first-order chi connectivity index (χ1) is 7.15. The number of ether oxygens (including phenoxy) is 2. The van der Waals surface area contributed by atoms with E-state index in [2.05, 4.69) is 15.9 Å². The van der Waals surface area contributed by atoms with Crippen LogP contribution >= 0.6 is 15.9 Å². The fourth-order valence-electron chi connectivity index (χ4n) is 1.51. The molecule has 0 unspecified atom stereocenters. The molecule has 15 heavy (non-hydrogen) atoms. The zero-order chi connectivity index (χ0) is 11.4. The van der Waals surface area contributed by atoms with Crippen LogP contribution in [0.2, 0.25) is 0 Å². The number of benzene rings is 1. The van der Waals surface area contributed by atoms with Gasteiger partial charge in [0.2, 0.25) is 0 Å². The number of nitrogens with two attached hydrogens (primary N) is 1. The molecule has 1 aromatic rings. The monoisotopic (exact) mass is 273 g/mol. The van der Waals surface area contributed by atoms with Crippen molar-refractivity contribution in [2.24, 2.45) is 5.73 Å². The predicted octanol–water partition coefficient (Wildman–Crippen LogP) is 2.28. The molecule has 0 aliphatic heterocycles. The van der Waals surface area contributed by atoms with Gasteiger partial charge < -0.3 is 15.2 Å². The molecule has 0 amide bonds. The van der Waals surface area contributed by atoms with Crippen LogP contribution in [0.25, 0.3) is 0 Å². The smallest absolute Gasteiger partial charge is 0.175 e. The molecular weight excluding hydrogens is 258 g/mol. The Labute approximate surface area is 98.7 Å². The molecule has 3 nitrogen and oxygen atoms in total. The lowest BCUT2D eigenvalue weighted by atomic mass is 10.0. The maximum atomic E-state index is 5.55. The van der Waals surface area contributed by atoms with Crippen LogP contribution in [0.15, 0.2) is 10.5 Å². The lowest BCUT2D eigenvalue weighted by molar-refractivity contribution is 0.352. The van der Waals surface area contributed by atoms with Gasteiger partial charge in [-0.15, -0.1) is 0 Å². The van der Waals surface area contributed by atoms with Crippen LogP contribution in [-0.4, -0.2) is 20.8 Å². The van der Waals surface area contributed by atoms with Gasteiger partial charge in [-0.05, 0) is 53.0 Å². The first kappa shape index (κ1) is 12.3. The highest BCUT2D eigenvalue weighted by molar-refractivity contribution is 9.10. The van der Waals surface area contributed by atoms with E-state index in [0.29, 0.717) is 6.54 Å². The summed E-state index contributed by atoms with van der Waals surface area (Å²) in [7, 11) is 3.26. The number of methoxy groups -OCH3 is 2. The molecule has 0 saturated heterocycles. The van der Waals surface area contributed by atoms with E-state index in [1.807, 2.05) is 13.0 Å². The number of hydrogen-bond donors (Lipinski definition) is 1. The van der Waals surface area contributed by atoms with Gasteiger partial charge in [0.05, 0.1) is 18.7 Å². The Hall–Kier alpha value is -0.740. The summed E-state index contributed by atoms with van der Waals surface area (Å²) in [6.45, 7) is 2.67. The van der Waals surface area contributed by atoms with Crippen LogP contribution in [0.5, 0.6) is 11.5 Å². The molecule has 1 rings (SSSR count). The van der Waals surface area contributed by atoms with Crippen molar-refractivity contribution in [3.63, 3.8) is 0 Å². The Kier molecular flexibility index (Phi) is 4.42. The van der Waals surface area contributed by atoms with Gasteiger partial charge in [-0.25, -0.2) is 0 Å². The second kappa shape index (κ2) is 5.37. The van der Waals surface area contributed by atoms with Gasteiger partial charge in [0.15, 0.2) is 11.5 Å². The predicted molar refractivity (Wildman–Crippen MR) is 64.7 cm³/mol. The molecule has 0 heterocycles. The third-order valence-electron chi connectivity index (χ3n) is 2.38. The minimum Gasteiger partial charge on any atom is -0.493 e. The van der Waals surface area contributed by atoms with Gasteiger partial charge in [-0.3, -0.25) is 0 Å². The van der Waals surface area contributed by atoms with E-state index in [4.69, 9.17) is 15.2 Å². The third-order valence-corrected chi connectivity index (χ3v) is 3.33. The van der Waals surface area contributed by atoms with Crippen LogP contribution in [0.3, 0.4) is 0 Å². The zero-order valence-corrected chi connectivity index (χ0v) is 10.8. The fourth-order valence-corrected chi connectivity index (χ4v) is 2.12. The zero-order valence-electron chi connectivity index (χ0n) is 9.26. The summed E-state index contributed by atoms with van der Waals surface area (Å²) < 4.78 is 11.5. The second-order valence-electron chi connectivity index (χ2n) is 3.25. The van der Waals surface area contributed by atoms with E-state index in [-0.39, 0.29) is 0 Å². The Balaban J connectivity index is 3.29. The fraction of sp³-hybridized carbons (Fsp3) is 0.455. The van der Waals surface area contributed by atoms with Crippen molar-refractivity contribution in [1.29, 1.82) is 0 Å². The van der Waals surface area contributed by atoms with E-state index in [1.165, 1.54) is 5.56 Å². The van der Waals surface area contributed by atoms with Crippen molar-refractivity contribution in [3.05, 3.63) is 21.7 Å². The highest BCUT2D eigenvalue weighted by Gasteiger charge is 2.14. The molecule has 1 aromatic carbocycles. The van der Waals surface area contributed by atoms with E-state index < -0.39 is 0 Å². The van der Waals surface area contributed by atoms with Gasteiger partial charge >= 0.3 is 0 Å². The maximum Gasteiger partial charge on any atom is 0.175 e. The molecule has 0 saturated carbocycles. The minimum atomic E-state index is 0.628. The maximum absolute atomic E-state index is 5.55.